The monoisotopic (exact) mass is 391 g/mol. The van der Waals surface area contributed by atoms with Gasteiger partial charge in [0.15, 0.2) is 0 Å². The second-order valence-electron chi connectivity index (χ2n) is 6.09. The van der Waals surface area contributed by atoms with Gasteiger partial charge in [0.1, 0.15) is 5.75 Å². The smallest absolute Gasteiger partial charge is 0.414 e. The molecule has 0 amide bonds. The van der Waals surface area contributed by atoms with Gasteiger partial charge in [-0.15, -0.1) is 0 Å². The molecule has 0 bridgehead atoms. The van der Waals surface area contributed by atoms with Crippen molar-refractivity contribution in [3.63, 3.8) is 0 Å². The molecule has 2 aromatic rings. The number of nitrogens with zero attached hydrogens (tertiary/aromatic N) is 1. The summed E-state index contributed by atoms with van der Waals surface area (Å²) in [6, 6.07) is 8.68. The van der Waals surface area contributed by atoms with Gasteiger partial charge in [-0.2, -0.15) is 0 Å². The lowest BCUT2D eigenvalue weighted by atomic mass is 10.1. The van der Waals surface area contributed by atoms with Crippen LogP contribution in [0.25, 0.3) is 10.9 Å². The molecule has 1 atom stereocenters. The van der Waals surface area contributed by atoms with Crippen molar-refractivity contribution in [1.82, 2.24) is 10.3 Å². The topological polar surface area (TPSA) is 121 Å². The summed E-state index contributed by atoms with van der Waals surface area (Å²) < 4.78 is 5.38. The van der Waals surface area contributed by atoms with Crippen molar-refractivity contribution in [2.45, 2.75) is 39.2 Å². The Kier molecular flexibility index (Phi) is 10.3. The first kappa shape index (κ1) is 23.2. The number of fused-ring (bicyclic) bond motifs is 1. The molecule has 0 aliphatic carbocycles. The van der Waals surface area contributed by atoms with E-state index >= 15 is 0 Å². The second-order valence-corrected chi connectivity index (χ2v) is 6.09. The summed E-state index contributed by atoms with van der Waals surface area (Å²) in [5.74, 6) is -2.79. The zero-order valence-corrected chi connectivity index (χ0v) is 16.6. The van der Waals surface area contributed by atoms with E-state index in [0.29, 0.717) is 6.04 Å². The first-order valence-corrected chi connectivity index (χ1v) is 9.29. The van der Waals surface area contributed by atoms with Gasteiger partial charge < -0.3 is 25.6 Å². The lowest BCUT2D eigenvalue weighted by Crippen LogP contribution is -2.28. The Hall–Kier alpha value is -2.87. The summed E-state index contributed by atoms with van der Waals surface area (Å²) in [5.41, 5.74) is 2.05. The maximum atomic E-state index is 9.10. The molecule has 1 unspecified atom stereocenters. The Morgan fingerprint density at radius 3 is 2.50 bits per heavy atom. The molecule has 1 aromatic heterocycles. The summed E-state index contributed by atoms with van der Waals surface area (Å²) in [6.07, 6.45) is 5.33. The number of ether oxygens (including phenoxy) is 1. The molecule has 4 N–H and O–H groups in total. The lowest BCUT2D eigenvalue weighted by Gasteiger charge is -2.16. The minimum Gasteiger partial charge on any atom is -0.497 e. The molecule has 2 rings (SSSR count). The zero-order valence-electron chi connectivity index (χ0n) is 16.6. The molecule has 0 spiro atoms. The van der Waals surface area contributed by atoms with E-state index < -0.39 is 11.9 Å². The second kappa shape index (κ2) is 12.5. The molecule has 154 valence electrons. The molecule has 0 radical (unpaired) electrons. The Morgan fingerprint density at radius 1 is 1.21 bits per heavy atom. The Balaban J connectivity index is 0.000000568. The van der Waals surface area contributed by atoms with Crippen LogP contribution in [0.1, 0.15) is 33.1 Å². The van der Waals surface area contributed by atoms with Crippen LogP contribution in [-0.4, -0.2) is 53.4 Å². The number of hydrogen-bond donors (Lipinski definition) is 4. The van der Waals surface area contributed by atoms with Gasteiger partial charge in [0.05, 0.1) is 18.3 Å². The first-order valence-electron chi connectivity index (χ1n) is 9.29. The number of hydrogen-bond acceptors (Lipinski definition) is 6. The van der Waals surface area contributed by atoms with Crippen LogP contribution in [0.15, 0.2) is 30.5 Å². The van der Waals surface area contributed by atoms with E-state index in [9.17, 15) is 0 Å². The number of pyridine rings is 1. The largest absolute Gasteiger partial charge is 0.497 e. The highest BCUT2D eigenvalue weighted by atomic mass is 16.5. The van der Waals surface area contributed by atoms with Gasteiger partial charge in [-0.25, -0.2) is 9.59 Å². The van der Waals surface area contributed by atoms with Gasteiger partial charge in [-0.1, -0.05) is 19.9 Å². The minimum atomic E-state index is -1.82. The number of carboxylic acid groups (broad SMARTS) is 2. The first-order chi connectivity index (χ1) is 13.4. The Morgan fingerprint density at radius 2 is 1.93 bits per heavy atom. The van der Waals surface area contributed by atoms with Crippen molar-refractivity contribution in [3.05, 3.63) is 30.5 Å². The molecule has 0 saturated heterocycles. The molecule has 1 heterocycles. The minimum absolute atomic E-state index is 0.618. The van der Waals surface area contributed by atoms with E-state index in [4.69, 9.17) is 24.5 Å². The average Bonchev–Trinajstić information content (AvgIpc) is 2.70. The van der Waals surface area contributed by atoms with Crippen molar-refractivity contribution in [1.29, 1.82) is 0 Å². The highest BCUT2D eigenvalue weighted by Gasteiger charge is 2.07. The number of anilines is 1. The summed E-state index contributed by atoms with van der Waals surface area (Å²) in [4.78, 5) is 22.7. The van der Waals surface area contributed by atoms with Crippen LogP contribution in [0, 0.1) is 0 Å². The van der Waals surface area contributed by atoms with E-state index in [1.54, 1.807) is 7.11 Å². The summed E-state index contributed by atoms with van der Waals surface area (Å²) >= 11 is 0. The van der Waals surface area contributed by atoms with Crippen LogP contribution >= 0.6 is 0 Å². The third-order valence-electron chi connectivity index (χ3n) is 4.13. The van der Waals surface area contributed by atoms with Gasteiger partial charge in [0.25, 0.3) is 0 Å². The summed E-state index contributed by atoms with van der Waals surface area (Å²) in [7, 11) is 1.70. The SMILES string of the molecule is CCNC(CC)CCCNc1cc(OC)cc2cccnc12.O=C(O)C(=O)O. The molecule has 8 heteroatoms. The Labute approximate surface area is 164 Å². The van der Waals surface area contributed by atoms with Crippen molar-refractivity contribution >= 4 is 28.5 Å². The van der Waals surface area contributed by atoms with E-state index in [1.165, 1.54) is 12.8 Å². The maximum Gasteiger partial charge on any atom is 0.414 e. The van der Waals surface area contributed by atoms with Crippen LogP contribution in [0.2, 0.25) is 0 Å². The molecule has 28 heavy (non-hydrogen) atoms. The predicted octanol–water partition coefficient (Wildman–Crippen LogP) is 2.98. The molecule has 0 aliphatic heterocycles. The Bertz CT molecular complexity index is 755. The maximum absolute atomic E-state index is 9.10. The number of aromatic nitrogens is 1. The van der Waals surface area contributed by atoms with E-state index in [1.807, 2.05) is 24.4 Å². The van der Waals surface area contributed by atoms with Crippen molar-refractivity contribution < 1.29 is 24.5 Å². The van der Waals surface area contributed by atoms with Crippen LogP contribution in [0.3, 0.4) is 0 Å². The molecule has 1 aromatic carbocycles. The molecule has 0 saturated carbocycles. The van der Waals surface area contributed by atoms with Crippen LogP contribution in [0.5, 0.6) is 5.75 Å². The van der Waals surface area contributed by atoms with Gasteiger partial charge in [0, 0.05) is 30.2 Å². The third-order valence-corrected chi connectivity index (χ3v) is 4.13. The quantitative estimate of drug-likeness (QED) is 0.380. The van der Waals surface area contributed by atoms with Gasteiger partial charge in [0.2, 0.25) is 0 Å². The molecular weight excluding hydrogens is 362 g/mol. The summed E-state index contributed by atoms with van der Waals surface area (Å²) in [6.45, 7) is 6.38. The standard InChI is InChI=1S/C18H27N3O.C2H2O4/c1-4-15(19-5-2)9-7-10-20-17-13-16(22-3)12-14-8-6-11-21-18(14)17;3-1(4)2(5)6/h6,8,11-13,15,19-20H,4-5,7,9-10H2,1-3H3;(H,3,4)(H,5,6). The van der Waals surface area contributed by atoms with Crippen molar-refractivity contribution in [2.24, 2.45) is 0 Å². The molecule has 8 nitrogen and oxygen atoms in total. The van der Waals surface area contributed by atoms with E-state index in [-0.39, 0.29) is 0 Å². The number of aliphatic carboxylic acids is 2. The van der Waals surface area contributed by atoms with Crippen molar-refractivity contribution in [2.75, 3.05) is 25.5 Å². The van der Waals surface area contributed by atoms with Crippen LogP contribution in [-0.2, 0) is 9.59 Å². The van der Waals surface area contributed by atoms with Gasteiger partial charge in [-0.05, 0) is 37.9 Å². The summed E-state index contributed by atoms with van der Waals surface area (Å²) in [5, 5.41) is 22.9. The predicted molar refractivity (Wildman–Crippen MR) is 109 cm³/mol. The van der Waals surface area contributed by atoms with E-state index in [2.05, 4.69) is 35.5 Å². The number of carboxylic acids is 2. The van der Waals surface area contributed by atoms with Crippen LogP contribution < -0.4 is 15.4 Å². The molecule has 0 fully saturated rings. The molecular formula is C20H29N3O5. The number of rotatable bonds is 9. The number of benzene rings is 1. The lowest BCUT2D eigenvalue weighted by molar-refractivity contribution is -0.159. The third kappa shape index (κ3) is 7.79. The zero-order chi connectivity index (χ0) is 20.9. The molecule has 0 aliphatic rings. The number of methoxy groups -OCH3 is 1. The van der Waals surface area contributed by atoms with E-state index in [0.717, 1.165) is 41.9 Å². The fraction of sp³-hybridized carbons (Fsp3) is 0.450. The van der Waals surface area contributed by atoms with Gasteiger partial charge >= 0.3 is 11.9 Å². The van der Waals surface area contributed by atoms with Crippen LogP contribution in [0.4, 0.5) is 5.69 Å². The normalized spacial score (nSPS) is 11.2. The highest BCUT2D eigenvalue weighted by Crippen LogP contribution is 2.27. The number of nitrogens with one attached hydrogen (secondary N) is 2. The fourth-order valence-corrected chi connectivity index (χ4v) is 2.73. The highest BCUT2D eigenvalue weighted by molar-refractivity contribution is 6.27. The average molecular weight is 391 g/mol. The fourth-order valence-electron chi connectivity index (χ4n) is 2.73. The van der Waals surface area contributed by atoms with Crippen molar-refractivity contribution in [3.8, 4) is 5.75 Å². The van der Waals surface area contributed by atoms with Gasteiger partial charge in [-0.3, -0.25) is 4.98 Å². The number of carbonyl (C=O) groups is 2.